The Morgan fingerprint density at radius 2 is 1.21 bits per heavy atom. The Morgan fingerprint density at radius 1 is 0.735 bits per heavy atom. The quantitative estimate of drug-likeness (QED) is 0.138. The summed E-state index contributed by atoms with van der Waals surface area (Å²) in [6.45, 7) is 10.8. The van der Waals surface area contributed by atoms with Gasteiger partial charge in [0.15, 0.2) is 5.78 Å². The lowest BCUT2D eigenvalue weighted by Crippen LogP contribution is -2.35. The molecular weight excluding hydrogens is 430 g/mol. The summed E-state index contributed by atoms with van der Waals surface area (Å²) in [5.41, 5.74) is 5.31. The van der Waals surface area contributed by atoms with E-state index in [1.165, 1.54) is 90.4 Å². The van der Waals surface area contributed by atoms with Gasteiger partial charge in [-0.1, -0.05) is 90.4 Å². The molecule has 6 nitrogen and oxygen atoms in total. The first-order valence-electron chi connectivity index (χ1n) is 14.0. The van der Waals surface area contributed by atoms with Crippen molar-refractivity contribution in [3.8, 4) is 0 Å². The van der Waals surface area contributed by atoms with Gasteiger partial charge in [0, 0.05) is 13.2 Å². The van der Waals surface area contributed by atoms with Gasteiger partial charge in [-0.2, -0.15) is 0 Å². The lowest BCUT2D eigenvalue weighted by atomic mass is 10.0. The second kappa shape index (κ2) is 24.2. The average Bonchev–Trinajstić information content (AvgIpc) is 2.81. The summed E-state index contributed by atoms with van der Waals surface area (Å²) in [6.07, 6.45) is 18.6. The van der Waals surface area contributed by atoms with Crippen molar-refractivity contribution >= 4 is 5.78 Å². The first-order chi connectivity index (χ1) is 16.4. The summed E-state index contributed by atoms with van der Waals surface area (Å²) in [5.74, 6) is 0.00463. The third-order valence-corrected chi connectivity index (χ3v) is 5.98. The number of ether oxygens (including phenoxy) is 4. The number of carbonyl (C=O) groups is 1. The molecule has 0 spiro atoms. The zero-order valence-electron chi connectivity index (χ0n) is 23.0. The lowest BCUT2D eigenvalue weighted by Gasteiger charge is -2.23. The van der Waals surface area contributed by atoms with Crippen molar-refractivity contribution < 1.29 is 23.7 Å². The highest BCUT2D eigenvalue weighted by Gasteiger charge is 2.16. The van der Waals surface area contributed by atoms with E-state index in [0.29, 0.717) is 33.0 Å². The van der Waals surface area contributed by atoms with Crippen molar-refractivity contribution in [2.24, 2.45) is 5.73 Å². The van der Waals surface area contributed by atoms with Gasteiger partial charge < -0.3 is 24.7 Å². The van der Waals surface area contributed by atoms with Crippen LogP contribution in [0.15, 0.2) is 0 Å². The van der Waals surface area contributed by atoms with Crippen LogP contribution in [0.25, 0.3) is 0 Å². The van der Waals surface area contributed by atoms with E-state index in [1.807, 2.05) is 13.8 Å². The van der Waals surface area contributed by atoms with E-state index < -0.39 is 0 Å². The fraction of sp³-hybridized carbons (Fsp3) is 0.964. The second-order valence-corrected chi connectivity index (χ2v) is 10.2. The molecule has 2 N–H and O–H groups in total. The van der Waals surface area contributed by atoms with Crippen LogP contribution in [0, 0.1) is 0 Å². The highest BCUT2D eigenvalue weighted by Crippen LogP contribution is 2.13. The van der Waals surface area contributed by atoms with Gasteiger partial charge in [-0.25, -0.2) is 0 Å². The minimum Gasteiger partial charge on any atom is -0.379 e. The van der Waals surface area contributed by atoms with Crippen molar-refractivity contribution in [3.05, 3.63) is 0 Å². The maximum Gasteiger partial charge on any atom is 0.155 e. The number of Topliss-reactive ketones (excluding diaryl/α,β-unsaturated/α-hetero) is 1. The Labute approximate surface area is 211 Å². The van der Waals surface area contributed by atoms with Gasteiger partial charge in [0.05, 0.1) is 32.0 Å². The van der Waals surface area contributed by atoms with Crippen molar-refractivity contribution in [1.82, 2.24) is 0 Å². The Bertz CT molecular complexity index is 445. The van der Waals surface area contributed by atoms with E-state index >= 15 is 0 Å². The number of ketones is 1. The van der Waals surface area contributed by atoms with Gasteiger partial charge in [0.2, 0.25) is 0 Å². The molecule has 0 heterocycles. The molecule has 0 saturated heterocycles. The molecule has 1 unspecified atom stereocenters. The lowest BCUT2D eigenvalue weighted by molar-refractivity contribution is -0.128. The van der Waals surface area contributed by atoms with E-state index in [1.54, 1.807) is 0 Å². The molecule has 0 aliphatic heterocycles. The van der Waals surface area contributed by atoms with Gasteiger partial charge >= 0.3 is 0 Å². The minimum atomic E-state index is -0.343. The third-order valence-electron chi connectivity index (χ3n) is 5.98. The van der Waals surface area contributed by atoms with E-state index in [-0.39, 0.29) is 24.1 Å². The maximum absolute atomic E-state index is 11.3. The van der Waals surface area contributed by atoms with E-state index in [4.69, 9.17) is 24.7 Å². The number of nitrogens with two attached hydrogens (primary N) is 1. The molecule has 204 valence electrons. The fourth-order valence-electron chi connectivity index (χ4n) is 3.64. The minimum absolute atomic E-state index is 0.00463. The Balaban J connectivity index is 3.63. The number of unbranched alkanes of at least 4 members (excludes halogenated alkanes) is 13. The van der Waals surface area contributed by atoms with Crippen LogP contribution in [0.3, 0.4) is 0 Å². The van der Waals surface area contributed by atoms with Crippen molar-refractivity contribution in [3.63, 3.8) is 0 Å². The Morgan fingerprint density at radius 3 is 1.68 bits per heavy atom. The summed E-state index contributed by atoms with van der Waals surface area (Å²) in [6, 6.07) is 0. The van der Waals surface area contributed by atoms with Crippen molar-refractivity contribution in [1.29, 1.82) is 0 Å². The number of rotatable bonds is 27. The van der Waals surface area contributed by atoms with Crippen LogP contribution < -0.4 is 5.73 Å². The Kier molecular flexibility index (Phi) is 23.8. The van der Waals surface area contributed by atoms with Crippen LogP contribution in [0.2, 0.25) is 0 Å². The van der Waals surface area contributed by atoms with E-state index in [2.05, 4.69) is 6.92 Å². The summed E-state index contributed by atoms with van der Waals surface area (Å²) in [5, 5.41) is 0. The van der Waals surface area contributed by atoms with Gasteiger partial charge in [-0.3, -0.25) is 4.79 Å². The number of hydrogen-bond donors (Lipinski definition) is 1. The third kappa shape index (κ3) is 24.6. The first-order valence-corrected chi connectivity index (χ1v) is 14.0. The molecule has 0 aromatic heterocycles. The number of carbonyl (C=O) groups excluding carboxylic acids is 1. The summed E-state index contributed by atoms with van der Waals surface area (Å²) >= 11 is 0. The topological polar surface area (TPSA) is 80.0 Å². The summed E-state index contributed by atoms with van der Waals surface area (Å²) in [7, 11) is 0. The zero-order chi connectivity index (χ0) is 25.3. The van der Waals surface area contributed by atoms with Gasteiger partial charge in [0.1, 0.15) is 12.7 Å². The molecule has 1 atom stereocenters. The highest BCUT2D eigenvalue weighted by molar-refractivity contribution is 5.76. The Hall–Kier alpha value is -0.530. The summed E-state index contributed by atoms with van der Waals surface area (Å²) < 4.78 is 22.8. The molecule has 0 radical (unpaired) electrons. The van der Waals surface area contributed by atoms with Crippen LogP contribution >= 0.6 is 0 Å². The molecule has 0 aromatic carbocycles. The molecule has 0 bridgehead atoms. The molecular formula is C28H57NO5. The highest BCUT2D eigenvalue weighted by atomic mass is 16.6. The van der Waals surface area contributed by atoms with E-state index in [0.717, 1.165) is 13.0 Å². The molecule has 0 saturated carbocycles. The molecule has 0 amide bonds. The molecule has 0 aliphatic rings. The van der Waals surface area contributed by atoms with E-state index in [9.17, 15) is 4.79 Å². The van der Waals surface area contributed by atoms with Crippen LogP contribution in [0.5, 0.6) is 0 Å². The van der Waals surface area contributed by atoms with Gasteiger partial charge in [0.25, 0.3) is 0 Å². The summed E-state index contributed by atoms with van der Waals surface area (Å²) in [4.78, 5) is 11.3. The molecule has 0 rings (SSSR count). The molecule has 0 fully saturated rings. The average molecular weight is 488 g/mol. The molecule has 34 heavy (non-hydrogen) atoms. The predicted molar refractivity (Wildman–Crippen MR) is 141 cm³/mol. The van der Waals surface area contributed by atoms with Crippen molar-refractivity contribution in [2.45, 2.75) is 129 Å². The monoisotopic (exact) mass is 487 g/mol. The van der Waals surface area contributed by atoms with Crippen LogP contribution in [0.4, 0.5) is 0 Å². The normalized spacial score (nSPS) is 12.9. The largest absolute Gasteiger partial charge is 0.379 e. The molecule has 0 aromatic rings. The smallest absolute Gasteiger partial charge is 0.155 e. The fourth-order valence-corrected chi connectivity index (χ4v) is 3.64. The maximum atomic E-state index is 11.3. The van der Waals surface area contributed by atoms with Gasteiger partial charge in [-0.15, -0.1) is 0 Å². The van der Waals surface area contributed by atoms with Crippen LogP contribution in [0.1, 0.15) is 118 Å². The number of hydrogen-bond acceptors (Lipinski definition) is 6. The SMILES string of the molecule is CCCCCCCCCCCCCCCCOCC(COCCOC(C)(C)CN)OCC(C)=O. The molecule has 6 heteroatoms. The molecule has 0 aliphatic carbocycles. The standard InChI is InChI=1S/C28H57NO5/c1-5-6-7-8-9-10-11-12-13-14-15-16-17-18-19-31-23-27(33-22-26(2)30)24-32-20-21-34-28(3,4)25-29/h27H,5-25,29H2,1-4H3. The zero-order valence-corrected chi connectivity index (χ0v) is 23.0. The van der Waals surface area contributed by atoms with Crippen molar-refractivity contribution in [2.75, 3.05) is 46.2 Å². The first kappa shape index (κ1) is 33.5. The second-order valence-electron chi connectivity index (χ2n) is 10.2. The van der Waals surface area contributed by atoms with Crippen LogP contribution in [-0.4, -0.2) is 63.7 Å². The van der Waals surface area contributed by atoms with Crippen LogP contribution in [-0.2, 0) is 23.7 Å². The predicted octanol–water partition coefficient (Wildman–Crippen LogP) is 6.23. The van der Waals surface area contributed by atoms with Gasteiger partial charge in [-0.05, 0) is 27.2 Å².